The van der Waals surface area contributed by atoms with Crippen LogP contribution in [-0.4, -0.2) is 60.5 Å². The normalized spacial score (nSPS) is 31.3. The Kier molecular flexibility index (Phi) is 5.53. The monoisotopic (exact) mass is 370 g/mol. The van der Waals surface area contributed by atoms with Crippen molar-refractivity contribution in [1.29, 1.82) is 0 Å². The fourth-order valence-corrected chi connectivity index (χ4v) is 5.35. The molecule has 3 aliphatic rings. The van der Waals surface area contributed by atoms with Crippen molar-refractivity contribution in [3.05, 3.63) is 35.9 Å². The van der Waals surface area contributed by atoms with Crippen molar-refractivity contribution in [2.45, 2.75) is 57.5 Å². The van der Waals surface area contributed by atoms with Crippen molar-refractivity contribution in [2.75, 3.05) is 32.7 Å². The number of benzene rings is 1. The second-order valence-electron chi connectivity index (χ2n) is 8.94. The molecule has 0 saturated carbocycles. The number of nitrogens with one attached hydrogen (secondary N) is 2. The predicted octanol–water partition coefficient (Wildman–Crippen LogP) is 2.36. The molecule has 3 heterocycles. The summed E-state index contributed by atoms with van der Waals surface area (Å²) >= 11 is 0. The van der Waals surface area contributed by atoms with E-state index < -0.39 is 0 Å². The summed E-state index contributed by atoms with van der Waals surface area (Å²) in [6.07, 6.45) is 4.42. The zero-order chi connectivity index (χ0) is 18.9. The molecule has 1 aromatic carbocycles. The van der Waals surface area contributed by atoms with E-state index in [0.717, 1.165) is 38.9 Å². The van der Waals surface area contributed by atoms with Crippen molar-refractivity contribution in [3.8, 4) is 0 Å². The van der Waals surface area contributed by atoms with Gasteiger partial charge >= 0.3 is 0 Å². The first-order valence-electron chi connectivity index (χ1n) is 10.7. The molecule has 3 unspecified atom stereocenters. The third-order valence-electron chi connectivity index (χ3n) is 6.96. The van der Waals surface area contributed by atoms with Crippen LogP contribution in [0.15, 0.2) is 30.3 Å². The fourth-order valence-electron chi connectivity index (χ4n) is 5.35. The lowest BCUT2D eigenvalue weighted by Gasteiger charge is -2.50. The molecule has 1 spiro atoms. The van der Waals surface area contributed by atoms with Gasteiger partial charge in [-0.25, -0.2) is 5.43 Å². The van der Waals surface area contributed by atoms with E-state index in [-0.39, 0.29) is 11.9 Å². The van der Waals surface area contributed by atoms with E-state index in [2.05, 4.69) is 64.8 Å². The van der Waals surface area contributed by atoms with Crippen LogP contribution in [0.4, 0.5) is 0 Å². The van der Waals surface area contributed by atoms with E-state index in [0.29, 0.717) is 17.4 Å². The first-order chi connectivity index (χ1) is 13.1. The third kappa shape index (κ3) is 4.05. The number of hydrogen-bond acceptors (Lipinski definition) is 4. The van der Waals surface area contributed by atoms with Gasteiger partial charge < -0.3 is 9.80 Å². The molecule has 0 bridgehead atoms. The summed E-state index contributed by atoms with van der Waals surface area (Å²) in [6.45, 7) is 9.68. The van der Waals surface area contributed by atoms with Crippen LogP contribution in [0.2, 0.25) is 0 Å². The van der Waals surface area contributed by atoms with Gasteiger partial charge in [-0.15, -0.1) is 0 Å². The summed E-state index contributed by atoms with van der Waals surface area (Å²) in [4.78, 5) is 17.6. The van der Waals surface area contributed by atoms with Gasteiger partial charge in [0.25, 0.3) is 0 Å². The molecule has 1 amide bonds. The lowest BCUT2D eigenvalue weighted by molar-refractivity contribution is -0.136. The van der Waals surface area contributed by atoms with Gasteiger partial charge in [0.2, 0.25) is 5.91 Å². The van der Waals surface area contributed by atoms with Gasteiger partial charge in [0.15, 0.2) is 0 Å². The molecule has 0 aromatic heterocycles. The van der Waals surface area contributed by atoms with Crippen molar-refractivity contribution in [2.24, 2.45) is 5.41 Å². The smallest absolute Gasteiger partial charge is 0.241 e. The summed E-state index contributed by atoms with van der Waals surface area (Å²) in [7, 11) is 0. The third-order valence-corrected chi connectivity index (χ3v) is 6.96. The van der Waals surface area contributed by atoms with Gasteiger partial charge in [-0.3, -0.25) is 10.2 Å². The fraction of sp³-hybridized carbons (Fsp3) is 0.682. The highest BCUT2D eigenvalue weighted by atomic mass is 16.2. The number of amides is 1. The number of carbonyl (C=O) groups excluding carboxylic acids is 1. The van der Waals surface area contributed by atoms with Crippen LogP contribution in [0.3, 0.4) is 0 Å². The van der Waals surface area contributed by atoms with Gasteiger partial charge in [-0.05, 0) is 56.0 Å². The SMILES string of the molecule is CCN1CC(c2ccccc2)CC2(CCN(C(=O)C3CC(C)NN3)CC2)C1. The van der Waals surface area contributed by atoms with Crippen LogP contribution in [0.25, 0.3) is 0 Å². The average Bonchev–Trinajstić information content (AvgIpc) is 3.15. The van der Waals surface area contributed by atoms with Gasteiger partial charge in [-0.2, -0.15) is 0 Å². The molecule has 4 rings (SSSR count). The Hall–Kier alpha value is -1.43. The molecule has 3 saturated heterocycles. The molecule has 3 atom stereocenters. The molecule has 5 nitrogen and oxygen atoms in total. The van der Waals surface area contributed by atoms with Crippen LogP contribution >= 0.6 is 0 Å². The lowest BCUT2D eigenvalue weighted by Crippen LogP contribution is -2.54. The summed E-state index contributed by atoms with van der Waals surface area (Å²) < 4.78 is 0. The predicted molar refractivity (Wildman–Crippen MR) is 108 cm³/mol. The van der Waals surface area contributed by atoms with Crippen molar-refractivity contribution in [3.63, 3.8) is 0 Å². The van der Waals surface area contributed by atoms with E-state index in [9.17, 15) is 4.79 Å². The van der Waals surface area contributed by atoms with Gasteiger partial charge in [0.05, 0.1) is 0 Å². The Morgan fingerprint density at radius 3 is 2.56 bits per heavy atom. The average molecular weight is 371 g/mol. The second-order valence-corrected chi connectivity index (χ2v) is 8.94. The molecule has 5 heteroatoms. The molecule has 148 valence electrons. The molecule has 0 radical (unpaired) electrons. The Morgan fingerprint density at radius 2 is 1.93 bits per heavy atom. The summed E-state index contributed by atoms with van der Waals surface area (Å²) in [5.74, 6) is 0.896. The van der Waals surface area contributed by atoms with Gasteiger partial charge in [0, 0.05) is 32.2 Å². The van der Waals surface area contributed by atoms with Crippen LogP contribution in [0.1, 0.15) is 51.0 Å². The highest BCUT2D eigenvalue weighted by Gasteiger charge is 2.43. The minimum atomic E-state index is -0.0513. The van der Waals surface area contributed by atoms with Gasteiger partial charge in [0.1, 0.15) is 6.04 Å². The summed E-state index contributed by atoms with van der Waals surface area (Å²) in [5.41, 5.74) is 8.19. The molecule has 2 N–H and O–H groups in total. The highest BCUT2D eigenvalue weighted by molar-refractivity contribution is 5.82. The van der Waals surface area contributed by atoms with Crippen molar-refractivity contribution >= 4 is 5.91 Å². The molecular formula is C22H34N4O. The molecule has 3 aliphatic heterocycles. The maximum absolute atomic E-state index is 12.8. The number of likely N-dealkylation sites (tertiary alicyclic amines) is 2. The van der Waals surface area contributed by atoms with Crippen LogP contribution < -0.4 is 10.9 Å². The Labute approximate surface area is 163 Å². The van der Waals surface area contributed by atoms with Crippen molar-refractivity contribution < 1.29 is 4.79 Å². The molecule has 3 fully saturated rings. The zero-order valence-electron chi connectivity index (χ0n) is 16.8. The van der Waals surface area contributed by atoms with E-state index in [1.807, 2.05) is 0 Å². The first kappa shape index (κ1) is 18.9. The quantitative estimate of drug-likeness (QED) is 0.858. The Bertz CT molecular complexity index is 641. The number of likely N-dealkylation sites (N-methyl/N-ethyl adjacent to an activating group) is 1. The largest absolute Gasteiger partial charge is 0.341 e. The maximum atomic E-state index is 12.8. The standard InChI is InChI=1S/C22H34N4O/c1-3-25-15-19(18-7-5-4-6-8-18)14-22(16-25)9-11-26(12-10-22)21(27)20-13-17(2)23-24-20/h4-8,17,19-20,23-24H,3,9-16H2,1-2H3. The van der Waals surface area contributed by atoms with Crippen LogP contribution in [0, 0.1) is 5.41 Å². The topological polar surface area (TPSA) is 47.6 Å². The van der Waals surface area contributed by atoms with Crippen LogP contribution in [-0.2, 0) is 4.79 Å². The molecule has 0 aliphatic carbocycles. The van der Waals surface area contributed by atoms with E-state index in [1.54, 1.807) is 0 Å². The first-order valence-corrected chi connectivity index (χ1v) is 10.7. The number of rotatable bonds is 3. The minimum Gasteiger partial charge on any atom is -0.341 e. The molecule has 1 aromatic rings. The van der Waals surface area contributed by atoms with E-state index in [4.69, 9.17) is 0 Å². The molecule has 27 heavy (non-hydrogen) atoms. The van der Waals surface area contributed by atoms with Crippen LogP contribution in [0.5, 0.6) is 0 Å². The van der Waals surface area contributed by atoms with Crippen molar-refractivity contribution in [1.82, 2.24) is 20.7 Å². The zero-order valence-corrected chi connectivity index (χ0v) is 16.8. The van der Waals surface area contributed by atoms with Gasteiger partial charge in [-0.1, -0.05) is 37.3 Å². The van der Waals surface area contributed by atoms with E-state index >= 15 is 0 Å². The summed E-state index contributed by atoms with van der Waals surface area (Å²) in [5, 5.41) is 0. The number of carbonyl (C=O) groups is 1. The Balaban J connectivity index is 1.42. The minimum absolute atomic E-state index is 0.0513. The van der Waals surface area contributed by atoms with E-state index in [1.165, 1.54) is 25.1 Å². The second kappa shape index (κ2) is 7.90. The number of nitrogens with zero attached hydrogens (tertiary/aromatic N) is 2. The maximum Gasteiger partial charge on any atom is 0.241 e. The molecular weight excluding hydrogens is 336 g/mol. The number of hydrogen-bond donors (Lipinski definition) is 2. The lowest BCUT2D eigenvalue weighted by atomic mass is 9.68. The highest BCUT2D eigenvalue weighted by Crippen LogP contribution is 2.45. The number of hydrazine groups is 1. The summed E-state index contributed by atoms with van der Waals surface area (Å²) in [6, 6.07) is 11.3. The Morgan fingerprint density at radius 1 is 1.19 bits per heavy atom. The number of piperidine rings is 2.